The van der Waals surface area contributed by atoms with Crippen LogP contribution < -0.4 is 4.90 Å². The molecule has 0 unspecified atom stereocenters. The fourth-order valence-electron chi connectivity index (χ4n) is 11.5. The summed E-state index contributed by atoms with van der Waals surface area (Å²) in [6.07, 6.45) is 10.7. The maximum atomic E-state index is 2.43. The van der Waals surface area contributed by atoms with Crippen molar-refractivity contribution in [2.75, 3.05) is 4.90 Å². The van der Waals surface area contributed by atoms with E-state index in [1.54, 1.807) is 0 Å². The molecule has 75 heavy (non-hydrogen) atoms. The van der Waals surface area contributed by atoms with Crippen LogP contribution in [0.2, 0.25) is 0 Å². The van der Waals surface area contributed by atoms with E-state index in [-0.39, 0.29) is 0 Å². The molecule has 0 spiro atoms. The SMILES string of the molecule is CC/C=C\C=C/Cc1ccc2c(c1)c1cc(-c3ccccc3)ccc1n2-c1ccc(N(c2ccccc2)c2cccc3c(-c4c5ccccc5c(-c5cccc(-c6ccccc6)c5)c5ccccc45)cccc23)cc1. The summed E-state index contributed by atoms with van der Waals surface area (Å²) in [6.45, 7) is 2.17. The van der Waals surface area contributed by atoms with Crippen molar-refractivity contribution in [3.8, 4) is 50.2 Å². The van der Waals surface area contributed by atoms with Crippen LogP contribution in [-0.2, 0) is 6.42 Å². The van der Waals surface area contributed by atoms with Crippen LogP contribution in [0.1, 0.15) is 18.9 Å². The number of anilines is 3. The predicted octanol–water partition coefficient (Wildman–Crippen LogP) is 20.4. The summed E-state index contributed by atoms with van der Waals surface area (Å²) in [5, 5.41) is 9.84. The van der Waals surface area contributed by atoms with Gasteiger partial charge in [0.1, 0.15) is 0 Å². The fraction of sp³-hybridized carbons (Fsp3) is 0.0411. The molecule has 12 aromatic carbocycles. The third-order valence-electron chi connectivity index (χ3n) is 14.9. The van der Waals surface area contributed by atoms with Gasteiger partial charge in [0.2, 0.25) is 0 Å². The Balaban J connectivity index is 0.942. The molecule has 0 aliphatic carbocycles. The number of rotatable bonds is 12. The van der Waals surface area contributed by atoms with Crippen LogP contribution in [-0.4, -0.2) is 4.57 Å². The number of nitrogens with zero attached hydrogens (tertiary/aromatic N) is 2. The van der Waals surface area contributed by atoms with E-state index in [4.69, 9.17) is 0 Å². The van der Waals surface area contributed by atoms with Crippen LogP contribution in [0, 0.1) is 0 Å². The zero-order valence-electron chi connectivity index (χ0n) is 41.9. The summed E-state index contributed by atoms with van der Waals surface area (Å²) in [5.41, 5.74) is 17.9. The standard InChI is InChI=1S/C73H54N2/c1-2-3-4-5-9-23-51-40-46-70-67(48-51)68-50-55(53-26-12-7-13-27-53)41-47-71(68)75(70)59-44-42-58(43-45-59)74(57-30-14-8-15-31-57)69-39-22-36-60-61(69)37-21-38-62(60)73-65-34-18-16-32-63(65)72(64-33-17-19-35-66(64)73)56-29-20-28-54(49-56)52-24-10-6-11-25-52/h3-22,24-50H,2,23H2,1H3/b4-3-,9-5-. The van der Waals surface area contributed by atoms with E-state index in [0.717, 1.165) is 35.6 Å². The second-order valence-electron chi connectivity index (χ2n) is 19.4. The van der Waals surface area contributed by atoms with E-state index >= 15 is 0 Å². The van der Waals surface area contributed by atoms with Gasteiger partial charge >= 0.3 is 0 Å². The molecule has 0 bridgehead atoms. The third kappa shape index (κ3) is 8.37. The van der Waals surface area contributed by atoms with Gasteiger partial charge < -0.3 is 9.47 Å². The number of hydrogen-bond acceptors (Lipinski definition) is 1. The van der Waals surface area contributed by atoms with Gasteiger partial charge in [-0.25, -0.2) is 0 Å². The maximum absolute atomic E-state index is 2.43. The molecule has 2 nitrogen and oxygen atoms in total. The lowest BCUT2D eigenvalue weighted by Crippen LogP contribution is -2.10. The first-order valence-corrected chi connectivity index (χ1v) is 26.2. The largest absolute Gasteiger partial charge is 0.310 e. The molecule has 0 saturated carbocycles. The molecular weight excluding hydrogens is 905 g/mol. The van der Waals surface area contributed by atoms with Crippen molar-refractivity contribution in [3.05, 3.63) is 291 Å². The van der Waals surface area contributed by atoms with Gasteiger partial charge in [-0.1, -0.05) is 219 Å². The Morgan fingerprint density at radius 2 is 0.853 bits per heavy atom. The monoisotopic (exact) mass is 958 g/mol. The Hall–Kier alpha value is -9.50. The number of allylic oxidation sites excluding steroid dienone is 4. The summed E-state index contributed by atoms with van der Waals surface area (Å²) in [7, 11) is 0. The molecule has 0 atom stereocenters. The second-order valence-corrected chi connectivity index (χ2v) is 19.4. The fourth-order valence-corrected chi connectivity index (χ4v) is 11.5. The molecule has 0 aliphatic rings. The van der Waals surface area contributed by atoms with E-state index in [1.807, 2.05) is 0 Å². The van der Waals surface area contributed by atoms with Crippen LogP contribution in [0.25, 0.3) is 104 Å². The number of aromatic nitrogens is 1. The molecule has 0 N–H and O–H groups in total. The van der Waals surface area contributed by atoms with Crippen LogP contribution in [0.3, 0.4) is 0 Å². The highest BCUT2D eigenvalue weighted by Crippen LogP contribution is 2.48. The van der Waals surface area contributed by atoms with Crippen molar-refractivity contribution in [1.29, 1.82) is 0 Å². The average molecular weight is 959 g/mol. The summed E-state index contributed by atoms with van der Waals surface area (Å²) < 4.78 is 2.43. The average Bonchev–Trinajstić information content (AvgIpc) is 3.84. The minimum atomic E-state index is 0.874. The summed E-state index contributed by atoms with van der Waals surface area (Å²) in [6, 6.07) is 95.9. The van der Waals surface area contributed by atoms with Crippen molar-refractivity contribution < 1.29 is 0 Å². The first kappa shape index (κ1) is 45.4. The third-order valence-corrected chi connectivity index (χ3v) is 14.9. The number of benzene rings is 12. The van der Waals surface area contributed by atoms with Gasteiger partial charge in [-0.2, -0.15) is 0 Å². The van der Waals surface area contributed by atoms with E-state index in [0.29, 0.717) is 0 Å². The minimum Gasteiger partial charge on any atom is -0.310 e. The lowest BCUT2D eigenvalue weighted by atomic mass is 9.84. The van der Waals surface area contributed by atoms with Gasteiger partial charge in [-0.3, -0.25) is 0 Å². The Morgan fingerprint density at radius 1 is 0.347 bits per heavy atom. The number of hydrogen-bond donors (Lipinski definition) is 0. The van der Waals surface area contributed by atoms with E-state index in [9.17, 15) is 0 Å². The van der Waals surface area contributed by atoms with Gasteiger partial charge in [0.15, 0.2) is 0 Å². The number of fused-ring (bicyclic) bond motifs is 6. The van der Waals surface area contributed by atoms with Crippen molar-refractivity contribution in [2.24, 2.45) is 0 Å². The van der Waals surface area contributed by atoms with Crippen LogP contribution in [0.5, 0.6) is 0 Å². The highest BCUT2D eigenvalue weighted by Gasteiger charge is 2.22. The van der Waals surface area contributed by atoms with Crippen molar-refractivity contribution in [3.63, 3.8) is 0 Å². The van der Waals surface area contributed by atoms with Gasteiger partial charge in [-0.15, -0.1) is 0 Å². The Bertz CT molecular complexity index is 4220. The molecule has 2 heteroatoms. The topological polar surface area (TPSA) is 8.17 Å². The molecule has 356 valence electrons. The van der Waals surface area contributed by atoms with Gasteiger partial charge in [-0.05, 0) is 163 Å². The van der Waals surface area contributed by atoms with Crippen LogP contribution in [0.4, 0.5) is 17.1 Å². The molecule has 1 aromatic heterocycles. The minimum absolute atomic E-state index is 0.874. The molecule has 0 fully saturated rings. The predicted molar refractivity (Wildman–Crippen MR) is 322 cm³/mol. The smallest absolute Gasteiger partial charge is 0.0541 e. The Labute approximate surface area is 439 Å². The maximum Gasteiger partial charge on any atom is 0.0541 e. The quantitative estimate of drug-likeness (QED) is 0.0875. The first-order valence-electron chi connectivity index (χ1n) is 26.2. The molecule has 0 amide bonds. The highest BCUT2D eigenvalue weighted by molar-refractivity contribution is 6.24. The lowest BCUT2D eigenvalue weighted by molar-refractivity contribution is 1.17. The highest BCUT2D eigenvalue weighted by atomic mass is 15.1. The molecule has 0 aliphatic heterocycles. The van der Waals surface area contributed by atoms with E-state index in [2.05, 4.69) is 302 Å². The molecular formula is C73H54N2. The number of para-hydroxylation sites is 1. The Kier molecular flexibility index (Phi) is 12.0. The summed E-state index contributed by atoms with van der Waals surface area (Å²) in [5.74, 6) is 0. The van der Waals surface area contributed by atoms with Crippen molar-refractivity contribution in [2.45, 2.75) is 19.8 Å². The molecule has 0 radical (unpaired) electrons. The van der Waals surface area contributed by atoms with Gasteiger partial charge in [0.25, 0.3) is 0 Å². The first-order chi connectivity index (χ1) is 37.2. The van der Waals surface area contributed by atoms with Crippen molar-refractivity contribution in [1.82, 2.24) is 4.57 Å². The molecule has 1 heterocycles. The molecule has 0 saturated heterocycles. The zero-order chi connectivity index (χ0) is 50.1. The van der Waals surface area contributed by atoms with E-state index < -0.39 is 0 Å². The van der Waals surface area contributed by atoms with E-state index in [1.165, 1.54) is 104 Å². The second kappa shape index (κ2) is 19.8. The van der Waals surface area contributed by atoms with Crippen LogP contribution >= 0.6 is 0 Å². The Morgan fingerprint density at radius 3 is 1.53 bits per heavy atom. The van der Waals surface area contributed by atoms with Gasteiger partial charge in [0, 0.05) is 33.2 Å². The van der Waals surface area contributed by atoms with Crippen molar-refractivity contribution >= 4 is 71.2 Å². The summed E-state index contributed by atoms with van der Waals surface area (Å²) in [4.78, 5) is 2.42. The summed E-state index contributed by atoms with van der Waals surface area (Å²) >= 11 is 0. The normalized spacial score (nSPS) is 11.8. The molecule has 13 rings (SSSR count). The lowest BCUT2D eigenvalue weighted by Gasteiger charge is -2.27. The van der Waals surface area contributed by atoms with Crippen LogP contribution in [0.15, 0.2) is 285 Å². The molecule has 13 aromatic rings. The van der Waals surface area contributed by atoms with Gasteiger partial charge in [0.05, 0.1) is 16.7 Å². The zero-order valence-corrected chi connectivity index (χ0v) is 41.9.